The zero-order valence-electron chi connectivity index (χ0n) is 8.90. The Morgan fingerprint density at radius 2 is 2.36 bits per heavy atom. The maximum absolute atomic E-state index is 8.70. The molecule has 0 amide bonds. The highest BCUT2D eigenvalue weighted by Crippen LogP contribution is 2.06. The molecule has 0 saturated heterocycles. The zero-order valence-corrected chi connectivity index (χ0v) is 8.90. The van der Waals surface area contributed by atoms with Crippen molar-refractivity contribution < 1.29 is 5.11 Å². The van der Waals surface area contributed by atoms with E-state index in [9.17, 15) is 0 Å². The second kappa shape index (κ2) is 5.65. The van der Waals surface area contributed by atoms with Crippen molar-refractivity contribution in [3.63, 3.8) is 0 Å². The van der Waals surface area contributed by atoms with Gasteiger partial charge < -0.3 is 10.4 Å². The predicted molar refractivity (Wildman–Crippen MR) is 57.3 cm³/mol. The van der Waals surface area contributed by atoms with Crippen LogP contribution in [0.1, 0.15) is 20.3 Å². The zero-order chi connectivity index (χ0) is 10.4. The Morgan fingerprint density at radius 1 is 1.57 bits per heavy atom. The van der Waals surface area contributed by atoms with Gasteiger partial charge in [0.25, 0.3) is 0 Å². The molecule has 2 N–H and O–H groups in total. The van der Waals surface area contributed by atoms with Gasteiger partial charge in [0.1, 0.15) is 0 Å². The monoisotopic (exact) mass is 197 g/mol. The third-order valence-electron chi connectivity index (χ3n) is 2.01. The maximum atomic E-state index is 8.70. The van der Waals surface area contributed by atoms with E-state index in [-0.39, 0.29) is 6.61 Å². The lowest BCUT2D eigenvalue weighted by Crippen LogP contribution is -2.04. The minimum atomic E-state index is 0.132. The standard InChI is InChI=1S/C10H19N3O/c1-9(2)3-4-11-10-7-12-13(8-10)5-6-14/h7-9,11,14H,3-6H2,1-2H3. The predicted octanol–water partition coefficient (Wildman–Crippen LogP) is 1.33. The topological polar surface area (TPSA) is 50.1 Å². The molecule has 14 heavy (non-hydrogen) atoms. The molecule has 0 unspecified atom stereocenters. The lowest BCUT2D eigenvalue weighted by molar-refractivity contribution is 0.269. The van der Waals surface area contributed by atoms with Crippen LogP contribution in [0.3, 0.4) is 0 Å². The van der Waals surface area contributed by atoms with Crippen LogP contribution in [0.4, 0.5) is 5.69 Å². The van der Waals surface area contributed by atoms with Gasteiger partial charge in [-0.15, -0.1) is 0 Å². The Morgan fingerprint density at radius 3 is 3.00 bits per heavy atom. The fourth-order valence-electron chi connectivity index (χ4n) is 1.18. The van der Waals surface area contributed by atoms with Crippen LogP contribution in [0, 0.1) is 5.92 Å². The van der Waals surface area contributed by atoms with Crippen molar-refractivity contribution in [2.24, 2.45) is 5.92 Å². The summed E-state index contributed by atoms with van der Waals surface area (Å²) < 4.78 is 1.73. The normalized spacial score (nSPS) is 10.9. The van der Waals surface area contributed by atoms with Gasteiger partial charge in [0.15, 0.2) is 0 Å². The number of rotatable bonds is 6. The van der Waals surface area contributed by atoms with E-state index in [2.05, 4.69) is 24.3 Å². The summed E-state index contributed by atoms with van der Waals surface area (Å²) in [5.74, 6) is 0.718. The van der Waals surface area contributed by atoms with Crippen molar-refractivity contribution in [3.8, 4) is 0 Å². The smallest absolute Gasteiger partial charge is 0.0726 e. The molecule has 1 aromatic rings. The maximum Gasteiger partial charge on any atom is 0.0726 e. The fourth-order valence-corrected chi connectivity index (χ4v) is 1.18. The summed E-state index contributed by atoms with van der Waals surface area (Å²) in [6.45, 7) is 6.08. The van der Waals surface area contributed by atoms with Crippen LogP contribution in [0.2, 0.25) is 0 Å². The Hall–Kier alpha value is -1.03. The van der Waals surface area contributed by atoms with Crippen molar-refractivity contribution in [2.75, 3.05) is 18.5 Å². The highest BCUT2D eigenvalue weighted by atomic mass is 16.3. The number of nitrogens with one attached hydrogen (secondary N) is 1. The molecule has 4 nitrogen and oxygen atoms in total. The second-order valence-corrected chi connectivity index (χ2v) is 3.82. The van der Waals surface area contributed by atoms with Gasteiger partial charge in [0.05, 0.1) is 25.0 Å². The van der Waals surface area contributed by atoms with Gasteiger partial charge >= 0.3 is 0 Å². The number of aromatic nitrogens is 2. The number of aliphatic hydroxyl groups is 1. The first kappa shape index (κ1) is 11.0. The average molecular weight is 197 g/mol. The van der Waals surface area contributed by atoms with Crippen LogP contribution in [-0.2, 0) is 6.54 Å². The van der Waals surface area contributed by atoms with E-state index in [1.54, 1.807) is 10.9 Å². The minimum Gasteiger partial charge on any atom is -0.394 e. The van der Waals surface area contributed by atoms with Gasteiger partial charge in [-0.2, -0.15) is 5.10 Å². The summed E-state index contributed by atoms with van der Waals surface area (Å²) in [6, 6.07) is 0. The molecule has 0 saturated carbocycles. The molecule has 0 aliphatic rings. The van der Waals surface area contributed by atoms with E-state index in [0.29, 0.717) is 6.54 Å². The third-order valence-corrected chi connectivity index (χ3v) is 2.01. The molecule has 0 bridgehead atoms. The number of aliphatic hydroxyl groups excluding tert-OH is 1. The molecular weight excluding hydrogens is 178 g/mol. The summed E-state index contributed by atoms with van der Waals surface area (Å²) >= 11 is 0. The number of hydrogen-bond donors (Lipinski definition) is 2. The highest BCUT2D eigenvalue weighted by Gasteiger charge is 1.98. The first-order valence-electron chi connectivity index (χ1n) is 5.09. The van der Waals surface area contributed by atoms with Crippen LogP contribution >= 0.6 is 0 Å². The first-order valence-corrected chi connectivity index (χ1v) is 5.09. The quantitative estimate of drug-likeness (QED) is 0.723. The number of hydrogen-bond acceptors (Lipinski definition) is 3. The lowest BCUT2D eigenvalue weighted by atomic mass is 10.1. The first-order chi connectivity index (χ1) is 6.72. The van der Waals surface area contributed by atoms with Gasteiger partial charge in [-0.25, -0.2) is 0 Å². The Kier molecular flexibility index (Phi) is 4.46. The van der Waals surface area contributed by atoms with E-state index < -0.39 is 0 Å². The van der Waals surface area contributed by atoms with Crippen molar-refractivity contribution in [1.82, 2.24) is 9.78 Å². The molecule has 1 rings (SSSR count). The molecular formula is C10H19N3O. The van der Waals surface area contributed by atoms with Crippen LogP contribution in [-0.4, -0.2) is 28.0 Å². The van der Waals surface area contributed by atoms with Crippen LogP contribution in [0.25, 0.3) is 0 Å². The van der Waals surface area contributed by atoms with E-state index in [1.807, 2.05) is 6.20 Å². The van der Waals surface area contributed by atoms with E-state index in [0.717, 1.165) is 24.6 Å². The van der Waals surface area contributed by atoms with Crippen LogP contribution in [0.15, 0.2) is 12.4 Å². The highest BCUT2D eigenvalue weighted by molar-refractivity contribution is 5.37. The molecule has 0 atom stereocenters. The SMILES string of the molecule is CC(C)CCNc1cnn(CCO)c1. The van der Waals surface area contributed by atoms with E-state index in [1.165, 1.54) is 0 Å². The van der Waals surface area contributed by atoms with Gasteiger partial charge in [-0.05, 0) is 12.3 Å². The van der Waals surface area contributed by atoms with E-state index in [4.69, 9.17) is 5.11 Å². The molecule has 0 aliphatic carbocycles. The van der Waals surface area contributed by atoms with Gasteiger partial charge in [0, 0.05) is 12.7 Å². The van der Waals surface area contributed by atoms with Gasteiger partial charge in [-0.3, -0.25) is 4.68 Å². The largest absolute Gasteiger partial charge is 0.394 e. The van der Waals surface area contributed by atoms with Crippen molar-refractivity contribution in [1.29, 1.82) is 0 Å². The van der Waals surface area contributed by atoms with E-state index >= 15 is 0 Å². The number of anilines is 1. The third kappa shape index (κ3) is 3.79. The fraction of sp³-hybridized carbons (Fsp3) is 0.700. The molecule has 0 fully saturated rings. The molecule has 0 radical (unpaired) electrons. The average Bonchev–Trinajstić information content (AvgIpc) is 2.53. The second-order valence-electron chi connectivity index (χ2n) is 3.82. The summed E-state index contributed by atoms with van der Waals surface area (Å²) in [6.07, 6.45) is 4.86. The van der Waals surface area contributed by atoms with Crippen LogP contribution in [0.5, 0.6) is 0 Å². The molecule has 1 heterocycles. The Balaban J connectivity index is 2.28. The Bertz CT molecular complexity index is 258. The lowest BCUT2D eigenvalue weighted by Gasteiger charge is -2.05. The Labute approximate surface area is 84.9 Å². The molecule has 80 valence electrons. The molecule has 1 aromatic heterocycles. The van der Waals surface area contributed by atoms with Crippen LogP contribution < -0.4 is 5.32 Å². The minimum absolute atomic E-state index is 0.132. The summed E-state index contributed by atoms with van der Waals surface area (Å²) in [7, 11) is 0. The summed E-state index contributed by atoms with van der Waals surface area (Å²) in [4.78, 5) is 0. The van der Waals surface area contributed by atoms with Gasteiger partial charge in [0.2, 0.25) is 0 Å². The molecule has 4 heteroatoms. The van der Waals surface area contributed by atoms with Crippen molar-refractivity contribution in [3.05, 3.63) is 12.4 Å². The molecule has 0 aromatic carbocycles. The van der Waals surface area contributed by atoms with Crippen molar-refractivity contribution in [2.45, 2.75) is 26.8 Å². The molecule has 0 spiro atoms. The molecule has 0 aliphatic heterocycles. The summed E-state index contributed by atoms with van der Waals surface area (Å²) in [5, 5.41) is 16.1. The summed E-state index contributed by atoms with van der Waals surface area (Å²) in [5.41, 5.74) is 1.03. The van der Waals surface area contributed by atoms with Crippen molar-refractivity contribution >= 4 is 5.69 Å². The number of nitrogens with zero attached hydrogens (tertiary/aromatic N) is 2. The van der Waals surface area contributed by atoms with Gasteiger partial charge in [-0.1, -0.05) is 13.8 Å².